The first-order chi connectivity index (χ1) is 13.5. The molecule has 0 radical (unpaired) electrons. The van der Waals surface area contributed by atoms with Crippen LogP contribution in [0.1, 0.15) is 25.3 Å². The number of nitro benzene ring substituents is 1. The maximum atomic E-state index is 12.1. The second kappa shape index (κ2) is 9.88. The average Bonchev–Trinajstić information content (AvgIpc) is 2.72. The lowest BCUT2D eigenvalue weighted by Gasteiger charge is -2.19. The van der Waals surface area contributed by atoms with E-state index in [1.807, 2.05) is 43.3 Å². The standard InChI is InChI=1S/C21H22N4O3/c1-3-4-12-23-21(26)17(15-22)13-16-10-11-19(20(14-16)25(27)28)24(2)18-8-6-5-7-9-18/h5-11,13-14H,3-4,12H2,1-2H3,(H,23,26)/b17-13+. The van der Waals surface area contributed by atoms with E-state index in [-0.39, 0.29) is 11.3 Å². The number of benzene rings is 2. The van der Waals surface area contributed by atoms with Gasteiger partial charge < -0.3 is 10.2 Å². The minimum atomic E-state index is -0.482. The molecule has 2 aromatic rings. The lowest BCUT2D eigenvalue weighted by Crippen LogP contribution is -2.25. The molecule has 0 fully saturated rings. The third kappa shape index (κ3) is 5.17. The lowest BCUT2D eigenvalue weighted by atomic mass is 10.1. The minimum Gasteiger partial charge on any atom is -0.351 e. The van der Waals surface area contributed by atoms with Crippen LogP contribution in [-0.4, -0.2) is 24.4 Å². The highest BCUT2D eigenvalue weighted by atomic mass is 16.6. The number of carbonyl (C=O) groups is 1. The second-order valence-corrected chi connectivity index (χ2v) is 6.18. The molecule has 2 rings (SSSR count). The van der Waals surface area contributed by atoms with Gasteiger partial charge in [-0.1, -0.05) is 37.6 Å². The second-order valence-electron chi connectivity index (χ2n) is 6.18. The number of hydrogen-bond donors (Lipinski definition) is 1. The summed E-state index contributed by atoms with van der Waals surface area (Å²) in [6.45, 7) is 2.48. The van der Waals surface area contributed by atoms with Gasteiger partial charge in [-0.2, -0.15) is 5.26 Å². The molecule has 0 spiro atoms. The van der Waals surface area contributed by atoms with Gasteiger partial charge in [0.15, 0.2) is 0 Å². The van der Waals surface area contributed by atoms with Crippen molar-refractivity contribution in [2.24, 2.45) is 0 Å². The van der Waals surface area contributed by atoms with Gasteiger partial charge in [0, 0.05) is 25.3 Å². The largest absolute Gasteiger partial charge is 0.351 e. The van der Waals surface area contributed by atoms with Gasteiger partial charge in [0.2, 0.25) is 0 Å². The molecule has 7 heteroatoms. The predicted octanol–water partition coefficient (Wildman–Crippen LogP) is 4.19. The Hall–Kier alpha value is -3.66. The summed E-state index contributed by atoms with van der Waals surface area (Å²) in [5, 5.41) is 23.5. The van der Waals surface area contributed by atoms with Crippen LogP contribution in [0, 0.1) is 21.4 Å². The molecule has 2 aromatic carbocycles. The van der Waals surface area contributed by atoms with Crippen molar-refractivity contribution < 1.29 is 9.72 Å². The maximum absolute atomic E-state index is 12.1. The molecule has 0 aliphatic rings. The van der Waals surface area contributed by atoms with E-state index < -0.39 is 10.8 Å². The van der Waals surface area contributed by atoms with Gasteiger partial charge in [0.05, 0.1) is 4.92 Å². The van der Waals surface area contributed by atoms with Crippen LogP contribution in [-0.2, 0) is 4.79 Å². The Morgan fingerprint density at radius 1 is 1.29 bits per heavy atom. The highest BCUT2D eigenvalue weighted by Crippen LogP contribution is 2.33. The van der Waals surface area contributed by atoms with Crippen LogP contribution in [0.3, 0.4) is 0 Å². The van der Waals surface area contributed by atoms with E-state index in [9.17, 15) is 20.2 Å². The Morgan fingerprint density at radius 2 is 2.00 bits per heavy atom. The summed E-state index contributed by atoms with van der Waals surface area (Å²) in [5.74, 6) is -0.482. The molecule has 0 atom stereocenters. The molecule has 0 heterocycles. The van der Waals surface area contributed by atoms with Gasteiger partial charge in [-0.15, -0.1) is 0 Å². The van der Waals surface area contributed by atoms with Crippen molar-refractivity contribution in [3.05, 3.63) is 69.8 Å². The summed E-state index contributed by atoms with van der Waals surface area (Å²) in [5.41, 5.74) is 1.44. The molecule has 0 saturated heterocycles. The van der Waals surface area contributed by atoms with Gasteiger partial charge in [0.1, 0.15) is 17.3 Å². The summed E-state index contributed by atoms with van der Waals surface area (Å²) in [6, 6.07) is 15.8. The van der Waals surface area contributed by atoms with Crippen molar-refractivity contribution in [1.82, 2.24) is 5.32 Å². The van der Waals surface area contributed by atoms with Crippen LogP contribution in [0.25, 0.3) is 6.08 Å². The number of nitrogens with one attached hydrogen (secondary N) is 1. The van der Waals surface area contributed by atoms with E-state index in [4.69, 9.17) is 0 Å². The number of unbranched alkanes of at least 4 members (excludes halogenated alkanes) is 1. The number of anilines is 2. The molecule has 0 aliphatic heterocycles. The van der Waals surface area contributed by atoms with Crippen LogP contribution >= 0.6 is 0 Å². The molecule has 0 aromatic heterocycles. The minimum absolute atomic E-state index is 0.0884. The van der Waals surface area contributed by atoms with E-state index in [0.717, 1.165) is 18.5 Å². The van der Waals surface area contributed by atoms with Gasteiger partial charge in [-0.3, -0.25) is 14.9 Å². The van der Waals surface area contributed by atoms with Crippen LogP contribution in [0.5, 0.6) is 0 Å². The normalized spacial score (nSPS) is 10.8. The Labute approximate surface area is 164 Å². The number of nitro groups is 1. The van der Waals surface area contributed by atoms with Crippen molar-refractivity contribution in [1.29, 1.82) is 5.26 Å². The Balaban J connectivity index is 2.35. The SMILES string of the molecule is CCCCNC(=O)/C(C#N)=C/c1ccc(N(C)c2ccccc2)c([N+](=O)[O-])c1. The molecule has 144 valence electrons. The molecule has 0 saturated carbocycles. The van der Waals surface area contributed by atoms with E-state index in [2.05, 4.69) is 5.32 Å². The third-order valence-corrected chi connectivity index (χ3v) is 4.19. The quantitative estimate of drug-likeness (QED) is 0.244. The highest BCUT2D eigenvalue weighted by molar-refractivity contribution is 6.01. The topological polar surface area (TPSA) is 99.3 Å². The van der Waals surface area contributed by atoms with Crippen molar-refractivity contribution >= 4 is 29.0 Å². The smallest absolute Gasteiger partial charge is 0.293 e. The number of carbonyl (C=O) groups excluding carboxylic acids is 1. The molecule has 0 unspecified atom stereocenters. The van der Waals surface area contributed by atoms with Crippen molar-refractivity contribution in [2.75, 3.05) is 18.5 Å². The Bertz CT molecular complexity index is 917. The number of nitrogens with zero attached hydrogens (tertiary/aromatic N) is 3. The predicted molar refractivity (Wildman–Crippen MR) is 109 cm³/mol. The van der Waals surface area contributed by atoms with E-state index in [1.165, 1.54) is 12.1 Å². The number of hydrogen-bond acceptors (Lipinski definition) is 5. The van der Waals surface area contributed by atoms with E-state index in [1.54, 1.807) is 24.1 Å². The lowest BCUT2D eigenvalue weighted by molar-refractivity contribution is -0.384. The zero-order valence-electron chi connectivity index (χ0n) is 15.9. The number of rotatable bonds is 8. The van der Waals surface area contributed by atoms with Crippen LogP contribution in [0.15, 0.2) is 54.1 Å². The summed E-state index contributed by atoms with van der Waals surface area (Å²) in [4.78, 5) is 24.9. The number of para-hydroxylation sites is 1. The first-order valence-corrected chi connectivity index (χ1v) is 8.95. The maximum Gasteiger partial charge on any atom is 0.293 e. The van der Waals surface area contributed by atoms with Gasteiger partial charge >= 0.3 is 0 Å². The van der Waals surface area contributed by atoms with Crippen molar-refractivity contribution in [3.8, 4) is 6.07 Å². The zero-order valence-corrected chi connectivity index (χ0v) is 15.9. The monoisotopic (exact) mass is 378 g/mol. The van der Waals surface area contributed by atoms with Crippen LogP contribution < -0.4 is 10.2 Å². The average molecular weight is 378 g/mol. The van der Waals surface area contributed by atoms with E-state index >= 15 is 0 Å². The molecule has 0 bridgehead atoms. The van der Waals surface area contributed by atoms with Gasteiger partial charge in [-0.25, -0.2) is 0 Å². The molecular weight excluding hydrogens is 356 g/mol. The Kier molecular flexibility index (Phi) is 7.28. The van der Waals surface area contributed by atoms with Crippen molar-refractivity contribution in [2.45, 2.75) is 19.8 Å². The van der Waals surface area contributed by atoms with Crippen LogP contribution in [0.2, 0.25) is 0 Å². The third-order valence-electron chi connectivity index (χ3n) is 4.19. The number of nitriles is 1. The fraction of sp³-hybridized carbons (Fsp3) is 0.238. The van der Waals surface area contributed by atoms with Gasteiger partial charge in [-0.05, 0) is 36.3 Å². The van der Waals surface area contributed by atoms with Crippen molar-refractivity contribution in [3.63, 3.8) is 0 Å². The molecule has 0 aliphatic carbocycles. The first-order valence-electron chi connectivity index (χ1n) is 8.95. The summed E-state index contributed by atoms with van der Waals surface area (Å²) in [7, 11) is 1.75. The number of amides is 1. The zero-order chi connectivity index (χ0) is 20.5. The summed E-state index contributed by atoms with van der Waals surface area (Å²) in [6.07, 6.45) is 3.10. The molecular formula is C21H22N4O3. The summed E-state index contributed by atoms with van der Waals surface area (Å²) < 4.78 is 0. The fourth-order valence-electron chi connectivity index (χ4n) is 2.64. The molecule has 1 amide bonds. The van der Waals surface area contributed by atoms with Gasteiger partial charge in [0.25, 0.3) is 11.6 Å². The summed E-state index contributed by atoms with van der Waals surface area (Å²) >= 11 is 0. The first kappa shape index (κ1) is 20.6. The van der Waals surface area contributed by atoms with E-state index in [0.29, 0.717) is 17.8 Å². The van der Waals surface area contributed by atoms with Crippen LogP contribution in [0.4, 0.5) is 17.1 Å². The molecule has 28 heavy (non-hydrogen) atoms. The molecule has 7 nitrogen and oxygen atoms in total. The molecule has 1 N–H and O–H groups in total. The fourth-order valence-corrected chi connectivity index (χ4v) is 2.64. The Morgan fingerprint density at radius 3 is 2.61 bits per heavy atom. The highest BCUT2D eigenvalue weighted by Gasteiger charge is 2.19.